The van der Waals surface area contributed by atoms with E-state index in [0.29, 0.717) is 17.2 Å². The molecule has 1 N–H and O–H groups in total. The molecule has 132 valence electrons. The Labute approximate surface area is 162 Å². The summed E-state index contributed by atoms with van der Waals surface area (Å²) in [5, 5.41) is 4.36. The van der Waals surface area contributed by atoms with Crippen LogP contribution in [0.15, 0.2) is 66.0 Å². The molecular formula is C20H18ClN3OS. The summed E-state index contributed by atoms with van der Waals surface area (Å²) in [5.74, 6) is 0.594. The largest absolute Gasteiger partial charge is 0.326 e. The van der Waals surface area contributed by atoms with E-state index < -0.39 is 0 Å². The van der Waals surface area contributed by atoms with Gasteiger partial charge >= 0.3 is 0 Å². The first-order valence-corrected chi connectivity index (χ1v) is 9.54. The Hall–Kier alpha value is -2.37. The van der Waals surface area contributed by atoms with Crippen LogP contribution in [0.4, 0.5) is 5.69 Å². The highest BCUT2D eigenvalue weighted by Crippen LogP contribution is 2.23. The van der Waals surface area contributed by atoms with Gasteiger partial charge in [0.2, 0.25) is 5.91 Å². The van der Waals surface area contributed by atoms with Crippen LogP contribution in [0.25, 0.3) is 11.3 Å². The van der Waals surface area contributed by atoms with Gasteiger partial charge in [0.25, 0.3) is 0 Å². The molecule has 0 unspecified atom stereocenters. The second kappa shape index (κ2) is 8.83. The van der Waals surface area contributed by atoms with Gasteiger partial charge in [-0.2, -0.15) is 0 Å². The third-order valence-electron chi connectivity index (χ3n) is 3.76. The van der Waals surface area contributed by atoms with Gasteiger partial charge in [0.05, 0.1) is 10.7 Å². The number of aryl methyl sites for hydroxylation is 1. The van der Waals surface area contributed by atoms with Crippen LogP contribution in [0, 0.1) is 6.92 Å². The van der Waals surface area contributed by atoms with Gasteiger partial charge in [0, 0.05) is 28.4 Å². The molecular weight excluding hydrogens is 366 g/mol. The summed E-state index contributed by atoms with van der Waals surface area (Å²) in [6, 6.07) is 17.4. The molecule has 0 fully saturated rings. The summed E-state index contributed by atoms with van der Waals surface area (Å²) in [6.45, 7) is 1.94. The van der Waals surface area contributed by atoms with Crippen molar-refractivity contribution in [3.8, 4) is 11.3 Å². The minimum absolute atomic E-state index is 0.0415. The van der Waals surface area contributed by atoms with E-state index in [4.69, 9.17) is 11.6 Å². The lowest BCUT2D eigenvalue weighted by molar-refractivity contribution is -0.115. The molecule has 3 aromatic rings. The molecule has 1 aromatic heterocycles. The molecule has 0 aliphatic carbocycles. The predicted molar refractivity (Wildman–Crippen MR) is 108 cm³/mol. The molecule has 26 heavy (non-hydrogen) atoms. The van der Waals surface area contributed by atoms with Gasteiger partial charge in [-0.1, -0.05) is 48.0 Å². The summed E-state index contributed by atoms with van der Waals surface area (Å²) < 4.78 is 0. The van der Waals surface area contributed by atoms with Crippen molar-refractivity contribution in [2.45, 2.75) is 18.4 Å². The lowest BCUT2D eigenvalue weighted by Gasteiger charge is -2.09. The molecule has 0 atom stereocenters. The number of aromatic nitrogens is 2. The number of rotatable bonds is 6. The fraction of sp³-hybridized carbons (Fsp3) is 0.150. The number of hydrogen-bond acceptors (Lipinski definition) is 4. The Morgan fingerprint density at radius 1 is 1.12 bits per heavy atom. The SMILES string of the molecule is Cc1ccc(Cl)cc1NC(=O)CCSc1cc(-c2ccccc2)ncn1. The van der Waals surface area contributed by atoms with Crippen molar-refractivity contribution in [3.63, 3.8) is 0 Å². The highest BCUT2D eigenvalue weighted by Gasteiger charge is 2.07. The van der Waals surface area contributed by atoms with Crippen molar-refractivity contribution >= 4 is 35.0 Å². The second-order valence-corrected chi connectivity index (χ2v) is 7.27. The van der Waals surface area contributed by atoms with Gasteiger partial charge in [-0.05, 0) is 30.7 Å². The molecule has 0 radical (unpaired) electrons. The van der Waals surface area contributed by atoms with Crippen molar-refractivity contribution in [3.05, 3.63) is 71.5 Å². The van der Waals surface area contributed by atoms with E-state index in [2.05, 4.69) is 15.3 Å². The van der Waals surface area contributed by atoms with Crippen LogP contribution in [0.5, 0.6) is 0 Å². The molecule has 0 aliphatic rings. The molecule has 0 saturated carbocycles. The van der Waals surface area contributed by atoms with Crippen molar-refractivity contribution in [1.82, 2.24) is 9.97 Å². The molecule has 0 spiro atoms. The molecule has 0 aliphatic heterocycles. The molecule has 4 nitrogen and oxygen atoms in total. The zero-order chi connectivity index (χ0) is 18.4. The maximum atomic E-state index is 12.2. The molecule has 6 heteroatoms. The second-order valence-electron chi connectivity index (χ2n) is 5.71. The number of benzene rings is 2. The number of hydrogen-bond donors (Lipinski definition) is 1. The van der Waals surface area contributed by atoms with E-state index in [9.17, 15) is 4.79 Å². The lowest BCUT2D eigenvalue weighted by Crippen LogP contribution is -2.13. The minimum Gasteiger partial charge on any atom is -0.326 e. The van der Waals surface area contributed by atoms with Crippen LogP contribution < -0.4 is 5.32 Å². The molecule has 0 saturated heterocycles. The maximum absolute atomic E-state index is 12.2. The zero-order valence-electron chi connectivity index (χ0n) is 14.3. The lowest BCUT2D eigenvalue weighted by atomic mass is 10.1. The van der Waals surface area contributed by atoms with E-state index >= 15 is 0 Å². The molecule has 0 bridgehead atoms. The fourth-order valence-corrected chi connectivity index (χ4v) is 3.36. The monoisotopic (exact) mass is 383 g/mol. The summed E-state index contributed by atoms with van der Waals surface area (Å²) in [7, 11) is 0. The number of amides is 1. The third kappa shape index (κ3) is 5.07. The summed E-state index contributed by atoms with van der Waals surface area (Å²) >= 11 is 7.52. The van der Waals surface area contributed by atoms with Crippen LogP contribution in [0.1, 0.15) is 12.0 Å². The molecule has 1 heterocycles. The van der Waals surface area contributed by atoms with E-state index in [1.165, 1.54) is 11.8 Å². The number of carbonyl (C=O) groups excluding carboxylic acids is 1. The highest BCUT2D eigenvalue weighted by atomic mass is 35.5. The summed E-state index contributed by atoms with van der Waals surface area (Å²) in [5.41, 5.74) is 3.66. The van der Waals surface area contributed by atoms with Crippen LogP contribution in [-0.4, -0.2) is 21.6 Å². The average Bonchev–Trinajstić information content (AvgIpc) is 2.66. The normalized spacial score (nSPS) is 10.5. The van der Waals surface area contributed by atoms with Crippen LogP contribution in [-0.2, 0) is 4.79 Å². The Morgan fingerprint density at radius 2 is 1.92 bits per heavy atom. The number of anilines is 1. The quantitative estimate of drug-likeness (QED) is 0.468. The van der Waals surface area contributed by atoms with Gasteiger partial charge in [-0.3, -0.25) is 4.79 Å². The molecule has 2 aromatic carbocycles. The summed E-state index contributed by atoms with van der Waals surface area (Å²) in [6.07, 6.45) is 1.95. The number of thioether (sulfide) groups is 1. The standard InChI is InChI=1S/C20H18ClN3OS/c1-14-7-8-16(21)11-17(14)24-19(25)9-10-26-20-12-18(22-13-23-20)15-5-3-2-4-6-15/h2-8,11-13H,9-10H2,1H3,(H,24,25). The van der Waals surface area contributed by atoms with Crippen LogP contribution in [0.2, 0.25) is 5.02 Å². The third-order valence-corrected chi connectivity index (χ3v) is 4.93. The molecule has 3 rings (SSSR count). The number of nitrogens with zero attached hydrogens (tertiary/aromatic N) is 2. The first kappa shape index (κ1) is 18.4. The topological polar surface area (TPSA) is 54.9 Å². The van der Waals surface area contributed by atoms with Gasteiger partial charge in [-0.15, -0.1) is 11.8 Å². The predicted octanol–water partition coefficient (Wildman–Crippen LogP) is 5.23. The number of nitrogens with one attached hydrogen (secondary N) is 1. The molecule has 1 amide bonds. The van der Waals surface area contributed by atoms with Crippen LogP contribution in [0.3, 0.4) is 0 Å². The average molecular weight is 384 g/mol. The highest BCUT2D eigenvalue weighted by molar-refractivity contribution is 7.99. The van der Waals surface area contributed by atoms with Gasteiger partial charge in [0.15, 0.2) is 0 Å². The van der Waals surface area contributed by atoms with Crippen molar-refractivity contribution in [1.29, 1.82) is 0 Å². The summed E-state index contributed by atoms with van der Waals surface area (Å²) in [4.78, 5) is 20.7. The zero-order valence-corrected chi connectivity index (χ0v) is 15.8. The number of carbonyl (C=O) groups is 1. The Kier molecular flexibility index (Phi) is 6.26. The van der Waals surface area contributed by atoms with Crippen LogP contribution >= 0.6 is 23.4 Å². The Balaban J connectivity index is 1.55. The maximum Gasteiger partial charge on any atom is 0.225 e. The van der Waals surface area contributed by atoms with Crippen molar-refractivity contribution < 1.29 is 4.79 Å². The fourth-order valence-electron chi connectivity index (χ4n) is 2.38. The number of halogens is 1. The first-order valence-electron chi connectivity index (χ1n) is 8.18. The van der Waals surface area contributed by atoms with Gasteiger partial charge in [0.1, 0.15) is 6.33 Å². The smallest absolute Gasteiger partial charge is 0.225 e. The van der Waals surface area contributed by atoms with Gasteiger partial charge in [-0.25, -0.2) is 9.97 Å². The minimum atomic E-state index is -0.0415. The van der Waals surface area contributed by atoms with E-state index in [-0.39, 0.29) is 5.91 Å². The van der Waals surface area contributed by atoms with Crippen molar-refractivity contribution in [2.24, 2.45) is 0 Å². The van der Waals surface area contributed by atoms with E-state index in [1.807, 2.05) is 55.5 Å². The first-order chi connectivity index (χ1) is 12.6. The van der Waals surface area contributed by atoms with Gasteiger partial charge < -0.3 is 5.32 Å². The van der Waals surface area contributed by atoms with E-state index in [1.54, 1.807) is 12.4 Å². The van der Waals surface area contributed by atoms with Crippen molar-refractivity contribution in [2.75, 3.05) is 11.1 Å². The van der Waals surface area contributed by atoms with E-state index in [0.717, 1.165) is 27.5 Å². The Bertz CT molecular complexity index is 903. The Morgan fingerprint density at radius 3 is 2.73 bits per heavy atom.